The Hall–Kier alpha value is -1.14. The molecule has 0 saturated carbocycles. The minimum atomic E-state index is -0.304. The average molecular weight is 226 g/mol. The monoisotopic (exact) mass is 226 g/mol. The largest absolute Gasteiger partial charge is 0.327 e. The zero-order valence-electron chi connectivity index (χ0n) is 9.86. The van der Waals surface area contributed by atoms with E-state index in [9.17, 15) is 9.59 Å². The minimum Gasteiger partial charge on any atom is -0.306 e. The lowest BCUT2D eigenvalue weighted by molar-refractivity contribution is -0.133. The van der Waals surface area contributed by atoms with Crippen molar-refractivity contribution in [1.29, 1.82) is 0 Å². The van der Waals surface area contributed by atoms with Crippen molar-refractivity contribution in [1.82, 2.24) is 20.4 Å². The highest BCUT2D eigenvalue weighted by Gasteiger charge is 2.46. The Morgan fingerprint density at radius 2 is 2.06 bits per heavy atom. The number of nitrogens with one attached hydrogen (secondary N) is 2. The van der Waals surface area contributed by atoms with Crippen molar-refractivity contribution < 1.29 is 9.59 Å². The maximum Gasteiger partial charge on any atom is 0.327 e. The van der Waals surface area contributed by atoms with E-state index in [0.29, 0.717) is 19.1 Å². The highest BCUT2D eigenvalue weighted by Crippen LogP contribution is 2.19. The molecule has 2 saturated heterocycles. The standard InChI is InChI=1S/C10H18N4O2/c1-6(2)4-14-8-7(11-5-12-8)9(15)13(3)10(14)16/h6-8,11-12H,4-5H2,1-3H3. The predicted octanol–water partition coefficient (Wildman–Crippen LogP) is -0.619. The molecule has 2 N–H and O–H groups in total. The first kappa shape index (κ1) is 11.3. The van der Waals surface area contributed by atoms with Gasteiger partial charge in [-0.05, 0) is 5.92 Å². The van der Waals surface area contributed by atoms with Gasteiger partial charge in [-0.1, -0.05) is 13.8 Å². The predicted molar refractivity (Wildman–Crippen MR) is 58.4 cm³/mol. The number of hydrogen-bond donors (Lipinski definition) is 2. The molecule has 2 aliphatic heterocycles. The van der Waals surface area contributed by atoms with Crippen LogP contribution in [0.15, 0.2) is 0 Å². The summed E-state index contributed by atoms with van der Waals surface area (Å²) in [7, 11) is 1.54. The van der Waals surface area contributed by atoms with Gasteiger partial charge in [-0.25, -0.2) is 4.79 Å². The van der Waals surface area contributed by atoms with Crippen LogP contribution in [-0.2, 0) is 4.79 Å². The molecule has 0 spiro atoms. The fourth-order valence-electron chi connectivity index (χ4n) is 2.22. The van der Waals surface area contributed by atoms with E-state index >= 15 is 0 Å². The van der Waals surface area contributed by atoms with Crippen LogP contribution >= 0.6 is 0 Å². The van der Waals surface area contributed by atoms with Gasteiger partial charge in [0.25, 0.3) is 5.91 Å². The highest BCUT2D eigenvalue weighted by atomic mass is 16.2. The molecule has 2 heterocycles. The van der Waals surface area contributed by atoms with Crippen LogP contribution in [0.2, 0.25) is 0 Å². The third-order valence-corrected chi connectivity index (χ3v) is 2.98. The first-order valence-corrected chi connectivity index (χ1v) is 5.57. The van der Waals surface area contributed by atoms with Crippen LogP contribution in [-0.4, -0.2) is 54.2 Å². The van der Waals surface area contributed by atoms with Gasteiger partial charge in [0.1, 0.15) is 12.2 Å². The molecule has 2 aliphatic rings. The molecule has 2 unspecified atom stereocenters. The third-order valence-electron chi connectivity index (χ3n) is 2.98. The number of imide groups is 1. The Morgan fingerprint density at radius 3 is 2.69 bits per heavy atom. The number of urea groups is 1. The second-order valence-corrected chi connectivity index (χ2v) is 4.73. The second-order valence-electron chi connectivity index (χ2n) is 4.73. The molecule has 0 aromatic heterocycles. The molecule has 6 heteroatoms. The Kier molecular flexibility index (Phi) is 2.86. The van der Waals surface area contributed by atoms with Crippen molar-refractivity contribution in [3.8, 4) is 0 Å². The second kappa shape index (κ2) is 4.03. The molecule has 90 valence electrons. The summed E-state index contributed by atoms with van der Waals surface area (Å²) < 4.78 is 0. The van der Waals surface area contributed by atoms with E-state index in [4.69, 9.17) is 0 Å². The fraction of sp³-hybridized carbons (Fsp3) is 0.800. The number of carbonyl (C=O) groups is 2. The van der Waals surface area contributed by atoms with Crippen LogP contribution < -0.4 is 10.6 Å². The topological polar surface area (TPSA) is 64.7 Å². The van der Waals surface area contributed by atoms with Crippen molar-refractivity contribution in [2.45, 2.75) is 26.1 Å². The molecule has 0 aromatic rings. The summed E-state index contributed by atoms with van der Waals surface area (Å²) in [4.78, 5) is 26.7. The van der Waals surface area contributed by atoms with Gasteiger partial charge in [0.15, 0.2) is 0 Å². The molecular weight excluding hydrogens is 208 g/mol. The van der Waals surface area contributed by atoms with Gasteiger partial charge in [0.2, 0.25) is 0 Å². The lowest BCUT2D eigenvalue weighted by atomic mass is 10.1. The number of amides is 3. The summed E-state index contributed by atoms with van der Waals surface area (Å²) in [5.41, 5.74) is 0. The van der Waals surface area contributed by atoms with Crippen LogP contribution in [0.5, 0.6) is 0 Å². The van der Waals surface area contributed by atoms with Crippen LogP contribution in [0, 0.1) is 5.92 Å². The fourth-order valence-corrected chi connectivity index (χ4v) is 2.22. The summed E-state index contributed by atoms with van der Waals surface area (Å²) in [6.07, 6.45) is -0.196. The summed E-state index contributed by atoms with van der Waals surface area (Å²) in [5.74, 6) is 0.230. The molecule has 0 radical (unpaired) electrons. The summed E-state index contributed by atoms with van der Waals surface area (Å²) >= 11 is 0. The van der Waals surface area contributed by atoms with E-state index in [-0.39, 0.29) is 24.1 Å². The Bertz CT molecular complexity index is 318. The van der Waals surface area contributed by atoms with Gasteiger partial charge in [-0.3, -0.25) is 20.3 Å². The van der Waals surface area contributed by atoms with Gasteiger partial charge in [0, 0.05) is 20.3 Å². The van der Waals surface area contributed by atoms with E-state index in [1.807, 2.05) is 0 Å². The number of hydrogen-bond acceptors (Lipinski definition) is 4. The van der Waals surface area contributed by atoms with Gasteiger partial charge in [-0.15, -0.1) is 0 Å². The van der Waals surface area contributed by atoms with Crippen molar-refractivity contribution in [3.05, 3.63) is 0 Å². The third kappa shape index (κ3) is 1.68. The van der Waals surface area contributed by atoms with Gasteiger partial charge in [0.05, 0.1) is 0 Å². The van der Waals surface area contributed by atoms with E-state index in [1.54, 1.807) is 4.90 Å². The van der Waals surface area contributed by atoms with Gasteiger partial charge in [-0.2, -0.15) is 0 Å². The van der Waals surface area contributed by atoms with E-state index in [0.717, 1.165) is 0 Å². The summed E-state index contributed by atoms with van der Waals surface area (Å²) in [6.45, 7) is 5.34. The van der Waals surface area contributed by atoms with Crippen molar-refractivity contribution in [2.75, 3.05) is 20.3 Å². The Labute approximate surface area is 95.0 Å². The van der Waals surface area contributed by atoms with E-state index < -0.39 is 0 Å². The van der Waals surface area contributed by atoms with Crippen molar-refractivity contribution in [2.24, 2.45) is 5.92 Å². The zero-order valence-corrected chi connectivity index (χ0v) is 9.86. The average Bonchev–Trinajstić information content (AvgIpc) is 2.69. The number of likely N-dealkylation sites (N-methyl/N-ethyl adjacent to an activating group) is 1. The van der Waals surface area contributed by atoms with Crippen LogP contribution in [0.1, 0.15) is 13.8 Å². The number of carbonyl (C=O) groups excluding carboxylic acids is 2. The lowest BCUT2D eigenvalue weighted by Crippen LogP contribution is -2.66. The minimum absolute atomic E-state index is 0.153. The Balaban J connectivity index is 2.22. The van der Waals surface area contributed by atoms with Gasteiger partial charge < -0.3 is 4.90 Å². The normalized spacial score (nSPS) is 30.2. The number of fused-ring (bicyclic) bond motifs is 1. The quantitative estimate of drug-likeness (QED) is 0.659. The summed E-state index contributed by atoms with van der Waals surface area (Å²) in [6, 6.07) is -0.516. The van der Waals surface area contributed by atoms with Crippen LogP contribution in [0.25, 0.3) is 0 Å². The maximum atomic E-state index is 12.0. The summed E-state index contributed by atoms with van der Waals surface area (Å²) in [5, 5.41) is 6.21. The number of rotatable bonds is 2. The molecule has 0 aliphatic carbocycles. The molecular formula is C10H18N4O2. The van der Waals surface area contributed by atoms with Crippen molar-refractivity contribution >= 4 is 11.9 Å². The van der Waals surface area contributed by atoms with Crippen LogP contribution in [0.4, 0.5) is 4.79 Å². The van der Waals surface area contributed by atoms with Crippen molar-refractivity contribution in [3.63, 3.8) is 0 Å². The molecule has 0 aromatic carbocycles. The molecule has 2 fully saturated rings. The zero-order chi connectivity index (χ0) is 11.9. The molecule has 6 nitrogen and oxygen atoms in total. The molecule has 3 amide bonds. The molecule has 16 heavy (non-hydrogen) atoms. The first-order valence-electron chi connectivity index (χ1n) is 5.57. The first-order chi connectivity index (χ1) is 7.52. The van der Waals surface area contributed by atoms with Gasteiger partial charge >= 0.3 is 6.03 Å². The Morgan fingerprint density at radius 1 is 1.38 bits per heavy atom. The van der Waals surface area contributed by atoms with E-state index in [1.165, 1.54) is 11.9 Å². The lowest BCUT2D eigenvalue weighted by Gasteiger charge is -2.40. The molecule has 2 atom stereocenters. The molecule has 0 bridgehead atoms. The van der Waals surface area contributed by atoms with E-state index in [2.05, 4.69) is 24.5 Å². The maximum absolute atomic E-state index is 12.0. The smallest absolute Gasteiger partial charge is 0.306 e. The molecule has 2 rings (SSSR count). The highest BCUT2D eigenvalue weighted by molar-refractivity contribution is 6.00. The van der Waals surface area contributed by atoms with Crippen LogP contribution in [0.3, 0.4) is 0 Å². The SMILES string of the molecule is CC(C)CN1C(=O)N(C)C(=O)C2NCNC21. The number of nitrogens with zero attached hydrogens (tertiary/aromatic N) is 2.